The van der Waals surface area contributed by atoms with Crippen LogP contribution in [0.1, 0.15) is 36.8 Å². The van der Waals surface area contributed by atoms with Crippen molar-refractivity contribution in [3.63, 3.8) is 0 Å². The van der Waals surface area contributed by atoms with Gasteiger partial charge in [0.05, 0.1) is 6.42 Å². The number of carbonyl (C=O) groups excluding carboxylic acids is 3. The summed E-state index contributed by atoms with van der Waals surface area (Å²) in [7, 11) is 3.05. The molecule has 1 spiro atoms. The van der Waals surface area contributed by atoms with E-state index in [1.165, 1.54) is 23.1 Å². The number of hydrogen-bond donors (Lipinski definition) is 0. The molecule has 1 atom stereocenters. The van der Waals surface area contributed by atoms with Crippen molar-refractivity contribution >= 4 is 17.8 Å². The van der Waals surface area contributed by atoms with Crippen molar-refractivity contribution in [2.45, 2.75) is 43.6 Å². The van der Waals surface area contributed by atoms with Crippen molar-refractivity contribution < 1.29 is 14.4 Å². The van der Waals surface area contributed by atoms with E-state index in [0.717, 1.165) is 43.7 Å². The van der Waals surface area contributed by atoms with E-state index in [9.17, 15) is 14.4 Å². The molecule has 4 amide bonds. The minimum Gasteiger partial charge on any atom is -0.343 e. The lowest BCUT2D eigenvalue weighted by molar-refractivity contribution is -0.137. The average Bonchev–Trinajstić information content (AvgIpc) is 3.10. The van der Waals surface area contributed by atoms with Crippen molar-refractivity contribution in [1.29, 1.82) is 0 Å². The molecule has 26 heavy (non-hydrogen) atoms. The Bertz CT molecular complexity index is 767. The summed E-state index contributed by atoms with van der Waals surface area (Å²) in [6.07, 6.45) is 4.32. The first-order chi connectivity index (χ1) is 12.4. The van der Waals surface area contributed by atoms with Gasteiger partial charge in [0.25, 0.3) is 5.91 Å². The summed E-state index contributed by atoms with van der Waals surface area (Å²) >= 11 is 0. The van der Waals surface area contributed by atoms with E-state index in [1.807, 2.05) is 4.90 Å². The first-order valence-electron chi connectivity index (χ1n) is 9.33. The van der Waals surface area contributed by atoms with Crippen molar-refractivity contribution in [2.24, 2.45) is 0 Å². The number of likely N-dealkylation sites (tertiary alicyclic amines) is 1. The third-order valence-corrected chi connectivity index (χ3v) is 6.57. The van der Waals surface area contributed by atoms with Gasteiger partial charge in [-0.1, -0.05) is 24.3 Å². The molecular weight excluding hydrogens is 330 g/mol. The van der Waals surface area contributed by atoms with Crippen LogP contribution in [-0.4, -0.2) is 65.8 Å². The Kier molecular flexibility index (Phi) is 4.01. The molecule has 1 unspecified atom stereocenters. The van der Waals surface area contributed by atoms with Crippen molar-refractivity contribution in [1.82, 2.24) is 14.7 Å². The van der Waals surface area contributed by atoms with E-state index in [-0.39, 0.29) is 29.7 Å². The molecule has 4 rings (SSSR count). The summed E-state index contributed by atoms with van der Waals surface area (Å²) < 4.78 is 0. The van der Waals surface area contributed by atoms with Crippen LogP contribution in [0.3, 0.4) is 0 Å². The number of likely N-dealkylation sites (N-methyl/N-ethyl adjacent to an activating group) is 2. The SMILES string of the molecule is CN1C(=O)C(CC(=O)N2CCC3(CCc4ccccc43)CC2)N(C)C1=O. The second-order valence-corrected chi connectivity index (χ2v) is 7.83. The van der Waals surface area contributed by atoms with Gasteiger partial charge >= 0.3 is 6.03 Å². The largest absolute Gasteiger partial charge is 0.343 e. The van der Waals surface area contributed by atoms with E-state index in [2.05, 4.69) is 24.3 Å². The van der Waals surface area contributed by atoms with Gasteiger partial charge in [-0.3, -0.25) is 14.5 Å². The highest BCUT2D eigenvalue weighted by molar-refractivity contribution is 6.05. The van der Waals surface area contributed by atoms with E-state index >= 15 is 0 Å². The molecule has 0 bridgehead atoms. The first-order valence-corrected chi connectivity index (χ1v) is 9.33. The first kappa shape index (κ1) is 17.1. The van der Waals surface area contributed by atoms with Crippen LogP contribution in [-0.2, 0) is 21.4 Å². The van der Waals surface area contributed by atoms with Crippen molar-refractivity contribution in [3.05, 3.63) is 35.4 Å². The minimum absolute atomic E-state index is 0.0283. The van der Waals surface area contributed by atoms with Gasteiger partial charge in [0, 0.05) is 27.2 Å². The fourth-order valence-corrected chi connectivity index (χ4v) is 4.84. The zero-order valence-electron chi connectivity index (χ0n) is 15.4. The Morgan fingerprint density at radius 3 is 2.46 bits per heavy atom. The predicted molar refractivity (Wildman–Crippen MR) is 96.6 cm³/mol. The molecule has 0 N–H and O–H groups in total. The van der Waals surface area contributed by atoms with Crippen LogP contribution in [0.2, 0.25) is 0 Å². The predicted octanol–water partition coefficient (Wildman–Crippen LogP) is 1.78. The van der Waals surface area contributed by atoms with E-state index in [4.69, 9.17) is 0 Å². The second-order valence-electron chi connectivity index (χ2n) is 7.83. The molecule has 1 aliphatic carbocycles. The second kappa shape index (κ2) is 6.11. The summed E-state index contributed by atoms with van der Waals surface area (Å²) in [6, 6.07) is 7.67. The van der Waals surface area contributed by atoms with Gasteiger partial charge in [0.15, 0.2) is 0 Å². The molecular formula is C20H25N3O3. The van der Waals surface area contributed by atoms with Crippen molar-refractivity contribution in [3.8, 4) is 0 Å². The molecule has 2 saturated heterocycles. The monoisotopic (exact) mass is 355 g/mol. The molecule has 1 aromatic carbocycles. The minimum atomic E-state index is -0.664. The Labute approximate surface area is 153 Å². The topological polar surface area (TPSA) is 60.9 Å². The Morgan fingerprint density at radius 2 is 1.81 bits per heavy atom. The number of fused-ring (bicyclic) bond motifs is 2. The van der Waals surface area contributed by atoms with Gasteiger partial charge in [0.2, 0.25) is 5.91 Å². The number of aryl methyl sites for hydroxylation is 1. The Morgan fingerprint density at radius 1 is 1.12 bits per heavy atom. The van der Waals surface area contributed by atoms with Crippen LogP contribution in [0.15, 0.2) is 24.3 Å². The molecule has 2 aliphatic heterocycles. The summed E-state index contributed by atoms with van der Waals surface area (Å²) in [5.74, 6) is -0.316. The van der Waals surface area contributed by atoms with Crippen LogP contribution in [0.5, 0.6) is 0 Å². The summed E-state index contributed by atoms with van der Waals surface area (Å²) in [6.45, 7) is 1.45. The summed E-state index contributed by atoms with van der Waals surface area (Å²) in [5.41, 5.74) is 3.13. The molecule has 6 heteroatoms. The smallest absolute Gasteiger partial charge is 0.326 e. The maximum absolute atomic E-state index is 12.7. The molecule has 1 aromatic rings. The van der Waals surface area contributed by atoms with Crippen LogP contribution in [0.25, 0.3) is 0 Å². The number of carbonyl (C=O) groups is 3. The number of imide groups is 1. The average molecular weight is 355 g/mol. The number of amides is 4. The maximum atomic E-state index is 12.7. The van der Waals surface area contributed by atoms with Gasteiger partial charge in [0.1, 0.15) is 6.04 Å². The number of piperidine rings is 1. The third-order valence-electron chi connectivity index (χ3n) is 6.57. The lowest BCUT2D eigenvalue weighted by atomic mass is 9.74. The van der Waals surface area contributed by atoms with E-state index < -0.39 is 6.04 Å². The summed E-state index contributed by atoms with van der Waals surface area (Å²) in [5, 5.41) is 0. The number of urea groups is 1. The number of rotatable bonds is 2. The molecule has 138 valence electrons. The lowest BCUT2D eigenvalue weighted by Crippen LogP contribution is -2.46. The van der Waals surface area contributed by atoms with Crippen LogP contribution in [0.4, 0.5) is 4.79 Å². The van der Waals surface area contributed by atoms with Crippen LogP contribution >= 0.6 is 0 Å². The number of nitrogens with zero attached hydrogens (tertiary/aromatic N) is 3. The third kappa shape index (κ3) is 2.50. The van der Waals surface area contributed by atoms with Gasteiger partial charge in [-0.15, -0.1) is 0 Å². The molecule has 0 saturated carbocycles. The molecule has 0 aromatic heterocycles. The zero-order chi connectivity index (χ0) is 18.5. The van der Waals surface area contributed by atoms with E-state index in [0.29, 0.717) is 0 Å². The quantitative estimate of drug-likeness (QED) is 0.760. The Hall–Kier alpha value is -2.37. The maximum Gasteiger partial charge on any atom is 0.326 e. The highest BCUT2D eigenvalue weighted by Crippen LogP contribution is 2.46. The zero-order valence-corrected chi connectivity index (χ0v) is 15.4. The standard InChI is InChI=1S/C20H25N3O3/c1-21-16(18(25)22(2)19(21)26)13-17(24)23-11-9-20(10-12-23)8-7-14-5-3-4-6-15(14)20/h3-6,16H,7-13H2,1-2H3. The highest BCUT2D eigenvalue weighted by atomic mass is 16.2. The van der Waals surface area contributed by atoms with Crippen LogP contribution < -0.4 is 0 Å². The fourth-order valence-electron chi connectivity index (χ4n) is 4.84. The van der Waals surface area contributed by atoms with E-state index in [1.54, 1.807) is 7.05 Å². The number of hydrogen-bond acceptors (Lipinski definition) is 3. The summed E-state index contributed by atoms with van der Waals surface area (Å²) in [4.78, 5) is 41.1. The lowest BCUT2D eigenvalue weighted by Gasteiger charge is -2.40. The molecule has 3 aliphatic rings. The van der Waals surface area contributed by atoms with Gasteiger partial charge in [-0.2, -0.15) is 0 Å². The highest BCUT2D eigenvalue weighted by Gasteiger charge is 2.44. The molecule has 2 fully saturated rings. The normalized spacial score (nSPS) is 24.5. The molecule has 6 nitrogen and oxygen atoms in total. The van der Waals surface area contributed by atoms with Gasteiger partial charge in [-0.25, -0.2) is 4.79 Å². The van der Waals surface area contributed by atoms with Crippen molar-refractivity contribution in [2.75, 3.05) is 27.2 Å². The molecule has 2 heterocycles. The van der Waals surface area contributed by atoms with Crippen LogP contribution in [0, 0.1) is 0 Å². The molecule has 0 radical (unpaired) electrons. The fraction of sp³-hybridized carbons (Fsp3) is 0.550. The Balaban J connectivity index is 1.41. The van der Waals surface area contributed by atoms with Gasteiger partial charge in [-0.05, 0) is 42.2 Å². The van der Waals surface area contributed by atoms with Gasteiger partial charge < -0.3 is 9.80 Å². The number of benzene rings is 1.